The van der Waals surface area contributed by atoms with Crippen LogP contribution in [0.2, 0.25) is 0 Å². The molecule has 0 atom stereocenters. The van der Waals surface area contributed by atoms with Gasteiger partial charge in [-0.05, 0) is 104 Å². The lowest BCUT2D eigenvalue weighted by atomic mass is 9.82. The molecule has 0 amide bonds. The maximum Gasteiger partial charge on any atom is 0.0278 e. The second-order valence-corrected chi connectivity index (χ2v) is 13.1. The van der Waals surface area contributed by atoms with Crippen LogP contribution < -0.4 is 0 Å². The Morgan fingerprint density at radius 3 is 2.25 bits per heavy atom. The first-order valence-electron chi connectivity index (χ1n) is 16.5. The highest BCUT2D eigenvalue weighted by Crippen LogP contribution is 2.50. The van der Waals surface area contributed by atoms with E-state index in [0.29, 0.717) is 5.57 Å². The van der Waals surface area contributed by atoms with Crippen molar-refractivity contribution in [3.63, 3.8) is 0 Å². The van der Waals surface area contributed by atoms with Crippen LogP contribution in [0.25, 0.3) is 39.5 Å². The zero-order valence-electron chi connectivity index (χ0n) is 27.8. The molecule has 0 fully saturated rings. The molecule has 0 saturated heterocycles. The van der Waals surface area contributed by atoms with E-state index in [4.69, 9.17) is 6.42 Å². The smallest absolute Gasteiger partial charge is 0.0278 e. The van der Waals surface area contributed by atoms with Crippen molar-refractivity contribution in [1.29, 1.82) is 0 Å². The first kappa shape index (κ1) is 30.8. The second-order valence-electron chi connectivity index (χ2n) is 13.1. The zero-order valence-corrected chi connectivity index (χ0v) is 27.8. The summed E-state index contributed by atoms with van der Waals surface area (Å²) >= 11 is 0. The van der Waals surface area contributed by atoms with Crippen LogP contribution in [-0.2, 0) is 11.8 Å². The Morgan fingerprint density at radius 2 is 1.48 bits per heavy atom. The lowest BCUT2D eigenvalue weighted by Gasteiger charge is -2.21. The molecule has 0 nitrogen and oxygen atoms in total. The Hall–Kier alpha value is -5.86. The van der Waals surface area contributed by atoms with Crippen LogP contribution in [0.5, 0.6) is 0 Å². The topological polar surface area (TPSA) is 0 Å². The Morgan fingerprint density at radius 1 is 0.792 bits per heavy atom. The monoisotopic (exact) mass is 614 g/mol. The number of benzene rings is 5. The molecule has 0 N–H and O–H groups in total. The van der Waals surface area contributed by atoms with Gasteiger partial charge in [-0.1, -0.05) is 154 Å². The molecule has 0 radical (unpaired) electrons. The van der Waals surface area contributed by atoms with E-state index in [0.717, 1.165) is 23.1 Å². The summed E-state index contributed by atoms with van der Waals surface area (Å²) in [7, 11) is 0. The molecule has 2 aliphatic carbocycles. The number of fused-ring (bicyclic) bond motifs is 3. The predicted molar refractivity (Wildman–Crippen MR) is 205 cm³/mol. The lowest BCUT2D eigenvalue weighted by Crippen LogP contribution is -2.14. The molecule has 48 heavy (non-hydrogen) atoms. The molecule has 0 heterocycles. The molecule has 0 aliphatic heterocycles. The lowest BCUT2D eigenvalue weighted by molar-refractivity contribution is 0.660. The molecule has 0 aromatic heterocycles. The summed E-state index contributed by atoms with van der Waals surface area (Å²) in [6.07, 6.45) is 17.1. The molecule has 0 spiro atoms. The van der Waals surface area contributed by atoms with Gasteiger partial charge >= 0.3 is 0 Å². The molecule has 5 aromatic rings. The SMILES string of the molecule is C#CC(=C)/C(=C\C=C/c1ccccc1C)c1ccc(CC2=CC=C=C2c2ccccc2-c2ccc3c(c2)-c2ccccc2C3(C)C)cc1. The van der Waals surface area contributed by atoms with E-state index in [9.17, 15) is 0 Å². The molecule has 2 aliphatic rings. The van der Waals surface area contributed by atoms with Gasteiger partial charge in [0.1, 0.15) is 0 Å². The van der Waals surface area contributed by atoms with Crippen molar-refractivity contribution < 1.29 is 0 Å². The van der Waals surface area contributed by atoms with Gasteiger partial charge in [0.05, 0.1) is 0 Å². The minimum absolute atomic E-state index is 0.00520. The van der Waals surface area contributed by atoms with Crippen molar-refractivity contribution in [2.45, 2.75) is 32.6 Å². The van der Waals surface area contributed by atoms with Gasteiger partial charge in [0.25, 0.3) is 0 Å². The molecule has 0 unspecified atom stereocenters. The number of rotatable bonds is 8. The average Bonchev–Trinajstić information content (AvgIpc) is 3.67. The molecule has 0 heteroatoms. The van der Waals surface area contributed by atoms with Crippen LogP contribution in [0, 0.1) is 19.3 Å². The summed E-state index contributed by atoms with van der Waals surface area (Å²) in [6.45, 7) is 10.9. The first-order chi connectivity index (χ1) is 23.3. The number of terminal acetylenes is 1. The Bertz CT molecular complexity index is 2280. The van der Waals surface area contributed by atoms with Gasteiger partial charge in [-0.15, -0.1) is 12.2 Å². The van der Waals surface area contributed by atoms with Crippen molar-refractivity contribution in [3.05, 3.63) is 202 Å². The second kappa shape index (κ2) is 12.7. The molecular formula is C48H38. The highest BCUT2D eigenvalue weighted by atomic mass is 14.4. The van der Waals surface area contributed by atoms with Crippen LogP contribution in [0.1, 0.15) is 52.8 Å². The zero-order chi connectivity index (χ0) is 33.3. The minimum atomic E-state index is -0.00520. The van der Waals surface area contributed by atoms with E-state index in [1.165, 1.54) is 61.2 Å². The summed E-state index contributed by atoms with van der Waals surface area (Å²) in [5, 5.41) is 0. The van der Waals surface area contributed by atoms with Crippen LogP contribution >= 0.6 is 0 Å². The summed E-state index contributed by atoms with van der Waals surface area (Å²) in [5.74, 6) is 2.74. The van der Waals surface area contributed by atoms with Gasteiger partial charge in [0, 0.05) is 16.6 Å². The standard InChI is InChI=1S/C48H38/c1-6-33(2)40(22-13-17-36-16-8-7-15-34(36)3)37-27-25-35(26-28-37)31-38-18-14-23-42(38)43-20-10-9-19-41(43)39-29-30-47-45(32-39)44-21-11-12-24-46(44)48(47,4)5/h1,7-22,24-30,32H,2,31H2,3-5H3/b17-13-,40-22+. The first-order valence-corrected chi connectivity index (χ1v) is 16.5. The summed E-state index contributed by atoms with van der Waals surface area (Å²) in [6, 6.07) is 41.6. The van der Waals surface area contributed by atoms with Gasteiger partial charge < -0.3 is 0 Å². The predicted octanol–water partition coefficient (Wildman–Crippen LogP) is 12.0. The fraction of sp³-hybridized carbons (Fsp3) is 0.104. The van der Waals surface area contributed by atoms with Gasteiger partial charge in [-0.3, -0.25) is 0 Å². The van der Waals surface area contributed by atoms with Gasteiger partial charge in [-0.25, -0.2) is 0 Å². The molecular weight excluding hydrogens is 577 g/mol. The van der Waals surface area contributed by atoms with E-state index in [-0.39, 0.29) is 5.41 Å². The van der Waals surface area contributed by atoms with E-state index in [1.807, 2.05) is 0 Å². The third kappa shape index (κ3) is 5.67. The highest BCUT2D eigenvalue weighted by molar-refractivity contribution is 5.92. The summed E-state index contributed by atoms with van der Waals surface area (Å²) < 4.78 is 0. The van der Waals surface area contributed by atoms with Crippen LogP contribution in [0.3, 0.4) is 0 Å². The van der Waals surface area contributed by atoms with E-state index in [1.54, 1.807) is 0 Å². The highest BCUT2D eigenvalue weighted by Gasteiger charge is 2.35. The minimum Gasteiger partial charge on any atom is -0.115 e. The quantitative estimate of drug-likeness (QED) is 0.0927. The van der Waals surface area contributed by atoms with Crippen molar-refractivity contribution >= 4 is 17.2 Å². The van der Waals surface area contributed by atoms with Gasteiger partial charge in [-0.2, -0.15) is 0 Å². The van der Waals surface area contributed by atoms with Gasteiger partial charge in [0.15, 0.2) is 0 Å². The van der Waals surface area contributed by atoms with Crippen molar-refractivity contribution in [3.8, 4) is 34.6 Å². The number of aryl methyl sites for hydroxylation is 1. The normalized spacial score (nSPS) is 14.3. The van der Waals surface area contributed by atoms with Crippen molar-refractivity contribution in [2.75, 3.05) is 0 Å². The molecule has 0 bridgehead atoms. The summed E-state index contributed by atoms with van der Waals surface area (Å²) in [5.41, 5.74) is 21.4. The van der Waals surface area contributed by atoms with Crippen LogP contribution in [0.4, 0.5) is 0 Å². The Kier molecular flexibility index (Phi) is 8.17. The number of hydrogen-bond acceptors (Lipinski definition) is 0. The molecule has 7 rings (SSSR count). The fourth-order valence-electron chi connectivity index (χ4n) is 7.13. The number of hydrogen-bond donors (Lipinski definition) is 0. The van der Waals surface area contributed by atoms with Crippen molar-refractivity contribution in [1.82, 2.24) is 0 Å². The van der Waals surface area contributed by atoms with E-state index in [2.05, 4.69) is 185 Å². The van der Waals surface area contributed by atoms with Crippen molar-refractivity contribution in [2.24, 2.45) is 0 Å². The average molecular weight is 615 g/mol. The molecule has 0 saturated carbocycles. The van der Waals surface area contributed by atoms with E-state index >= 15 is 0 Å². The number of allylic oxidation sites excluding steroid dienone is 7. The third-order valence-corrected chi connectivity index (χ3v) is 9.81. The maximum absolute atomic E-state index is 5.81. The van der Waals surface area contributed by atoms with E-state index < -0.39 is 0 Å². The summed E-state index contributed by atoms with van der Waals surface area (Å²) in [4.78, 5) is 0. The molecule has 230 valence electrons. The van der Waals surface area contributed by atoms with Crippen LogP contribution in [-0.4, -0.2) is 0 Å². The largest absolute Gasteiger partial charge is 0.115 e. The molecule has 5 aromatic carbocycles. The van der Waals surface area contributed by atoms with Crippen LogP contribution in [0.15, 0.2) is 163 Å². The maximum atomic E-state index is 5.81. The Labute approximate surface area is 285 Å². The Balaban J connectivity index is 1.14. The third-order valence-electron chi connectivity index (χ3n) is 9.81. The fourth-order valence-corrected chi connectivity index (χ4v) is 7.13. The van der Waals surface area contributed by atoms with Gasteiger partial charge in [0.2, 0.25) is 0 Å².